The zero-order valence-corrected chi connectivity index (χ0v) is 16.5. The molecule has 2 atom stereocenters. The van der Waals surface area contributed by atoms with Crippen LogP contribution in [0.4, 0.5) is 0 Å². The second-order valence-electron chi connectivity index (χ2n) is 7.33. The standard InChI is InChI=1S/C20H26N4O2S/c1-26-16-10-8-15(9-11-16)19-21-20(23-22-19)27-13-18(25)24-12-4-6-14-5-2-3-7-17(14)24/h8-11,14,17H,2-7,12-13H2,1H3,(H,21,22,23)/t14-,17-/m0/s1. The predicted octanol–water partition coefficient (Wildman–Crippen LogP) is 3.75. The molecule has 2 heterocycles. The topological polar surface area (TPSA) is 71.1 Å². The Bertz CT molecular complexity index is 775. The molecule has 6 nitrogen and oxygen atoms in total. The number of aromatic nitrogens is 3. The van der Waals surface area contributed by atoms with Gasteiger partial charge in [0.15, 0.2) is 5.82 Å². The van der Waals surface area contributed by atoms with Gasteiger partial charge >= 0.3 is 0 Å². The van der Waals surface area contributed by atoms with E-state index in [2.05, 4.69) is 20.1 Å². The number of thioether (sulfide) groups is 1. The Balaban J connectivity index is 1.35. The maximum absolute atomic E-state index is 12.8. The number of piperidine rings is 1. The van der Waals surface area contributed by atoms with E-state index in [4.69, 9.17) is 4.74 Å². The molecule has 1 saturated carbocycles. The quantitative estimate of drug-likeness (QED) is 0.793. The number of ether oxygens (including phenoxy) is 1. The van der Waals surface area contributed by atoms with E-state index >= 15 is 0 Å². The second kappa shape index (κ2) is 8.33. The molecule has 0 bridgehead atoms. The number of benzene rings is 1. The fraction of sp³-hybridized carbons (Fsp3) is 0.550. The first-order valence-electron chi connectivity index (χ1n) is 9.73. The Labute approximate surface area is 164 Å². The normalized spacial score (nSPS) is 22.3. The summed E-state index contributed by atoms with van der Waals surface area (Å²) in [7, 11) is 1.65. The van der Waals surface area contributed by atoms with Crippen LogP contribution in [-0.4, -0.2) is 51.4 Å². The predicted molar refractivity (Wildman–Crippen MR) is 106 cm³/mol. The molecule has 1 aliphatic carbocycles. The fourth-order valence-corrected chi connectivity index (χ4v) is 5.02. The van der Waals surface area contributed by atoms with Crippen LogP contribution < -0.4 is 4.74 Å². The smallest absolute Gasteiger partial charge is 0.233 e. The van der Waals surface area contributed by atoms with Gasteiger partial charge in [0.2, 0.25) is 11.1 Å². The van der Waals surface area contributed by atoms with Gasteiger partial charge in [0.1, 0.15) is 5.75 Å². The first-order valence-corrected chi connectivity index (χ1v) is 10.7. The van der Waals surface area contributed by atoms with Crippen molar-refractivity contribution < 1.29 is 9.53 Å². The van der Waals surface area contributed by atoms with Gasteiger partial charge in [-0.05, 0) is 55.9 Å². The molecule has 1 saturated heterocycles. The maximum Gasteiger partial charge on any atom is 0.233 e. The number of likely N-dealkylation sites (tertiary alicyclic amines) is 1. The Morgan fingerprint density at radius 3 is 2.81 bits per heavy atom. The number of aromatic amines is 1. The summed E-state index contributed by atoms with van der Waals surface area (Å²) in [5, 5.41) is 7.84. The molecule has 4 rings (SSSR count). The largest absolute Gasteiger partial charge is 0.497 e. The lowest BCUT2D eigenvalue weighted by atomic mass is 9.78. The van der Waals surface area contributed by atoms with E-state index in [1.165, 1.54) is 43.9 Å². The van der Waals surface area contributed by atoms with Crippen LogP contribution in [0.5, 0.6) is 5.75 Å². The van der Waals surface area contributed by atoms with Gasteiger partial charge in [0.25, 0.3) is 0 Å². The molecule has 7 heteroatoms. The van der Waals surface area contributed by atoms with Gasteiger partial charge in [-0.25, -0.2) is 4.98 Å². The van der Waals surface area contributed by atoms with E-state index < -0.39 is 0 Å². The fourth-order valence-electron chi connectivity index (χ4n) is 4.33. The SMILES string of the molecule is COc1ccc(-c2nc(SCC(=O)N3CCC[C@@H]4CCCC[C@@H]43)n[nH]2)cc1. The maximum atomic E-state index is 12.8. The summed E-state index contributed by atoms with van der Waals surface area (Å²) in [6.07, 6.45) is 7.46. The van der Waals surface area contributed by atoms with Crippen molar-refractivity contribution in [2.75, 3.05) is 19.4 Å². The molecule has 0 unspecified atom stereocenters. The van der Waals surface area contributed by atoms with Crippen molar-refractivity contribution in [3.8, 4) is 17.1 Å². The van der Waals surface area contributed by atoms with Gasteiger partial charge in [-0.2, -0.15) is 0 Å². The summed E-state index contributed by atoms with van der Waals surface area (Å²) in [5.41, 5.74) is 0.947. The van der Waals surface area contributed by atoms with E-state index in [9.17, 15) is 4.79 Å². The molecule has 1 N–H and O–H groups in total. The van der Waals surface area contributed by atoms with Crippen LogP contribution in [0.15, 0.2) is 29.4 Å². The molecule has 2 fully saturated rings. The molecule has 1 amide bonds. The van der Waals surface area contributed by atoms with Crippen LogP contribution >= 0.6 is 11.8 Å². The molecule has 2 aliphatic rings. The number of hydrogen-bond acceptors (Lipinski definition) is 5. The van der Waals surface area contributed by atoms with Gasteiger partial charge in [0.05, 0.1) is 12.9 Å². The Hall–Kier alpha value is -2.02. The van der Waals surface area contributed by atoms with E-state index in [1.807, 2.05) is 24.3 Å². The summed E-state index contributed by atoms with van der Waals surface area (Å²) >= 11 is 1.42. The van der Waals surface area contributed by atoms with Crippen LogP contribution in [-0.2, 0) is 4.79 Å². The number of nitrogens with one attached hydrogen (secondary N) is 1. The third-order valence-corrected chi connectivity index (χ3v) is 6.55. The Morgan fingerprint density at radius 1 is 1.22 bits per heavy atom. The number of H-pyrrole nitrogens is 1. The zero-order valence-electron chi connectivity index (χ0n) is 15.7. The number of fused-ring (bicyclic) bond motifs is 1. The highest BCUT2D eigenvalue weighted by Gasteiger charge is 2.35. The van der Waals surface area contributed by atoms with E-state index in [0.29, 0.717) is 28.7 Å². The summed E-state index contributed by atoms with van der Waals surface area (Å²) in [6, 6.07) is 8.13. The second-order valence-corrected chi connectivity index (χ2v) is 8.27. The van der Waals surface area contributed by atoms with E-state index in [0.717, 1.165) is 24.3 Å². The molecule has 27 heavy (non-hydrogen) atoms. The molecule has 0 spiro atoms. The third-order valence-electron chi connectivity index (χ3n) is 5.72. The summed E-state index contributed by atoms with van der Waals surface area (Å²) in [6.45, 7) is 0.908. The van der Waals surface area contributed by atoms with Gasteiger partial charge in [-0.3, -0.25) is 9.89 Å². The van der Waals surface area contributed by atoms with Crippen molar-refractivity contribution in [1.29, 1.82) is 0 Å². The molecule has 2 aromatic rings. The van der Waals surface area contributed by atoms with Gasteiger partial charge in [-0.1, -0.05) is 24.6 Å². The highest BCUT2D eigenvalue weighted by atomic mass is 32.2. The van der Waals surface area contributed by atoms with Gasteiger partial charge in [-0.15, -0.1) is 5.10 Å². The van der Waals surface area contributed by atoms with Crippen molar-refractivity contribution in [1.82, 2.24) is 20.1 Å². The zero-order chi connectivity index (χ0) is 18.6. The number of nitrogens with zero attached hydrogens (tertiary/aromatic N) is 3. The first kappa shape index (κ1) is 18.3. The van der Waals surface area contributed by atoms with Crippen molar-refractivity contribution in [3.05, 3.63) is 24.3 Å². The average Bonchev–Trinajstić information content (AvgIpc) is 3.20. The lowest BCUT2D eigenvalue weighted by Crippen LogP contribution is -2.50. The van der Waals surface area contributed by atoms with Crippen LogP contribution in [0.1, 0.15) is 38.5 Å². The molecule has 0 radical (unpaired) electrons. The summed E-state index contributed by atoms with van der Waals surface area (Å²) < 4.78 is 5.18. The van der Waals surface area contributed by atoms with Crippen molar-refractivity contribution in [2.24, 2.45) is 5.92 Å². The van der Waals surface area contributed by atoms with Gasteiger partial charge in [0, 0.05) is 18.2 Å². The minimum absolute atomic E-state index is 0.229. The van der Waals surface area contributed by atoms with Crippen LogP contribution in [0.2, 0.25) is 0 Å². The monoisotopic (exact) mass is 386 g/mol. The highest BCUT2D eigenvalue weighted by Crippen LogP contribution is 2.35. The lowest BCUT2D eigenvalue weighted by Gasteiger charge is -2.44. The number of carbonyl (C=O) groups is 1. The van der Waals surface area contributed by atoms with Crippen molar-refractivity contribution in [3.63, 3.8) is 0 Å². The van der Waals surface area contributed by atoms with Crippen LogP contribution in [0.3, 0.4) is 0 Å². The van der Waals surface area contributed by atoms with E-state index in [-0.39, 0.29) is 5.91 Å². The number of carbonyl (C=O) groups excluding carboxylic acids is 1. The molecule has 1 aromatic heterocycles. The molecular formula is C20H26N4O2S. The summed E-state index contributed by atoms with van der Waals surface area (Å²) in [4.78, 5) is 19.5. The Morgan fingerprint density at radius 2 is 2.00 bits per heavy atom. The van der Waals surface area contributed by atoms with Crippen molar-refractivity contribution >= 4 is 17.7 Å². The van der Waals surface area contributed by atoms with Crippen molar-refractivity contribution in [2.45, 2.75) is 49.7 Å². The minimum atomic E-state index is 0.229. The third kappa shape index (κ3) is 4.13. The number of methoxy groups -OCH3 is 1. The van der Waals surface area contributed by atoms with Gasteiger partial charge < -0.3 is 9.64 Å². The minimum Gasteiger partial charge on any atom is -0.497 e. The molecule has 1 aromatic carbocycles. The van der Waals surface area contributed by atoms with Crippen LogP contribution in [0, 0.1) is 5.92 Å². The molecular weight excluding hydrogens is 360 g/mol. The highest BCUT2D eigenvalue weighted by molar-refractivity contribution is 7.99. The number of amides is 1. The molecule has 1 aliphatic heterocycles. The van der Waals surface area contributed by atoms with E-state index in [1.54, 1.807) is 7.11 Å². The number of hydrogen-bond donors (Lipinski definition) is 1. The summed E-state index contributed by atoms with van der Waals surface area (Å²) in [5.74, 6) is 2.86. The number of rotatable bonds is 5. The van der Waals surface area contributed by atoms with Crippen LogP contribution in [0.25, 0.3) is 11.4 Å². The lowest BCUT2D eigenvalue weighted by molar-refractivity contribution is -0.134. The first-order chi connectivity index (χ1) is 13.2. The Kier molecular flexibility index (Phi) is 5.66. The molecule has 144 valence electrons. The average molecular weight is 387 g/mol.